The lowest BCUT2D eigenvalue weighted by Gasteiger charge is -2.36. The van der Waals surface area contributed by atoms with E-state index in [0.717, 1.165) is 5.69 Å². The van der Waals surface area contributed by atoms with Crippen LogP contribution in [0.1, 0.15) is 27.1 Å². The minimum absolute atomic E-state index is 0.0256. The quantitative estimate of drug-likeness (QED) is 0.243. The van der Waals surface area contributed by atoms with Crippen molar-refractivity contribution in [1.29, 1.82) is 0 Å². The fraction of sp³-hybridized carbons (Fsp3) is 0.256. The van der Waals surface area contributed by atoms with Crippen LogP contribution in [0.3, 0.4) is 0 Å². The van der Waals surface area contributed by atoms with E-state index in [1.165, 1.54) is 20.3 Å². The number of carbonyl (C=O) groups excluding carboxylic acids is 2. The van der Waals surface area contributed by atoms with Crippen molar-refractivity contribution in [1.82, 2.24) is 14.8 Å². The van der Waals surface area contributed by atoms with Gasteiger partial charge in [-0.3, -0.25) is 14.4 Å². The molecule has 2 saturated heterocycles. The summed E-state index contributed by atoms with van der Waals surface area (Å²) in [5.41, 5.74) is 2.04. The van der Waals surface area contributed by atoms with Gasteiger partial charge in [-0.15, -0.1) is 0 Å². The van der Waals surface area contributed by atoms with Crippen molar-refractivity contribution in [3.63, 3.8) is 0 Å². The van der Waals surface area contributed by atoms with Crippen LogP contribution in [0.5, 0.6) is 23.0 Å². The molecule has 2 fully saturated rings. The maximum absolute atomic E-state index is 16.4. The number of fused-ring (bicyclic) bond motifs is 2. The molecule has 12 heteroatoms. The molecule has 260 valence electrons. The molecule has 0 saturated carbocycles. The highest BCUT2D eigenvalue weighted by molar-refractivity contribution is 6.01. The molecule has 4 aromatic carbocycles. The average molecular weight is 690 g/mol. The van der Waals surface area contributed by atoms with E-state index in [9.17, 15) is 14.4 Å². The lowest BCUT2D eigenvalue weighted by atomic mass is 10.0. The summed E-state index contributed by atoms with van der Waals surface area (Å²) < 4.78 is 35.3. The summed E-state index contributed by atoms with van der Waals surface area (Å²) in [4.78, 5) is 47.1. The zero-order chi connectivity index (χ0) is 35.2. The van der Waals surface area contributed by atoms with Gasteiger partial charge in [-0.1, -0.05) is 36.4 Å². The monoisotopic (exact) mass is 689 g/mol. The van der Waals surface area contributed by atoms with E-state index in [0.29, 0.717) is 79.7 Å². The molecule has 0 radical (unpaired) electrons. The van der Waals surface area contributed by atoms with E-state index in [1.807, 2.05) is 53.4 Å². The van der Waals surface area contributed by atoms with Gasteiger partial charge < -0.3 is 38.8 Å². The molecule has 3 aliphatic rings. The average Bonchev–Trinajstić information content (AvgIpc) is 3.62. The molecule has 1 unspecified atom stereocenters. The van der Waals surface area contributed by atoms with Gasteiger partial charge in [-0.25, -0.2) is 4.39 Å². The van der Waals surface area contributed by atoms with E-state index in [2.05, 4.69) is 10.2 Å². The Balaban J connectivity index is 1.11. The maximum atomic E-state index is 16.4. The molecule has 51 heavy (non-hydrogen) atoms. The molecule has 11 nitrogen and oxygen atoms in total. The molecule has 0 spiro atoms. The third-order valence-electron chi connectivity index (χ3n) is 9.91. The molecule has 1 aromatic heterocycles. The van der Waals surface area contributed by atoms with E-state index in [-0.39, 0.29) is 40.2 Å². The summed E-state index contributed by atoms with van der Waals surface area (Å²) in [6.45, 7) is 2.87. The van der Waals surface area contributed by atoms with Gasteiger partial charge in [0.05, 0.1) is 30.9 Å². The van der Waals surface area contributed by atoms with Crippen LogP contribution in [-0.4, -0.2) is 80.8 Å². The lowest BCUT2D eigenvalue weighted by molar-refractivity contribution is 0.0744. The highest BCUT2D eigenvalue weighted by Gasteiger charge is 2.35. The van der Waals surface area contributed by atoms with Crippen LogP contribution in [0.15, 0.2) is 89.9 Å². The van der Waals surface area contributed by atoms with Crippen molar-refractivity contribution < 1.29 is 28.2 Å². The van der Waals surface area contributed by atoms with Crippen molar-refractivity contribution in [3.8, 4) is 28.7 Å². The number of piperazine rings is 1. The van der Waals surface area contributed by atoms with Crippen LogP contribution >= 0.6 is 0 Å². The molecule has 0 bridgehead atoms. The molecular formula is C39H36FN5O6. The second-order valence-corrected chi connectivity index (χ2v) is 12.8. The number of amides is 2. The third kappa shape index (κ3) is 5.56. The summed E-state index contributed by atoms with van der Waals surface area (Å²) in [7, 11) is 2.98. The second-order valence-electron chi connectivity index (χ2n) is 12.8. The number of ether oxygens (including phenoxy) is 3. The number of benzene rings is 4. The zero-order valence-electron chi connectivity index (χ0n) is 28.2. The maximum Gasteiger partial charge on any atom is 0.259 e. The largest absolute Gasteiger partial charge is 0.493 e. The number of nitrogens with zero attached hydrogens (tertiary/aromatic N) is 4. The van der Waals surface area contributed by atoms with Crippen molar-refractivity contribution in [2.24, 2.45) is 0 Å². The van der Waals surface area contributed by atoms with Gasteiger partial charge >= 0.3 is 0 Å². The number of halogens is 1. The number of nitrogens with one attached hydrogen (secondary N) is 1. The van der Waals surface area contributed by atoms with Crippen LogP contribution in [-0.2, 0) is 0 Å². The molecule has 1 N–H and O–H groups in total. The summed E-state index contributed by atoms with van der Waals surface area (Å²) in [6, 6.07) is 23.3. The predicted molar refractivity (Wildman–Crippen MR) is 192 cm³/mol. The molecule has 0 aliphatic carbocycles. The first-order valence-corrected chi connectivity index (χ1v) is 16.9. The normalized spacial score (nSPS) is 16.5. The summed E-state index contributed by atoms with van der Waals surface area (Å²) in [5, 5.41) is 3.11. The standard InChI is InChI=1S/C39H36FN5O6/c1-49-32-14-8-11-26(36(32)50-2)38(47)41-24-15-16-44(22-24)34-29(40)21-27-33-37(34)51-31-13-7-6-12-30(31)45(33)23-28(35(27)46)39(48)43-19-17-42(18-20-43)25-9-4-3-5-10-25/h3-14,21,23-24H,15-20,22H2,1-2H3,(H,41,47). The molecule has 2 amide bonds. The Hall–Kier alpha value is -6.04. The Morgan fingerprint density at radius 2 is 1.63 bits per heavy atom. The first kappa shape index (κ1) is 32.2. The first-order valence-electron chi connectivity index (χ1n) is 16.9. The fourth-order valence-electron chi connectivity index (χ4n) is 7.39. The predicted octanol–water partition coefficient (Wildman–Crippen LogP) is 5.22. The van der Waals surface area contributed by atoms with Crippen molar-refractivity contribution in [2.75, 3.05) is 63.3 Å². The highest BCUT2D eigenvalue weighted by atomic mass is 19.1. The minimum Gasteiger partial charge on any atom is -0.493 e. The Bertz CT molecular complexity index is 2230. The number of pyridine rings is 1. The van der Waals surface area contributed by atoms with Crippen molar-refractivity contribution >= 4 is 34.1 Å². The van der Waals surface area contributed by atoms with Gasteiger partial charge in [-0.05, 0) is 48.9 Å². The Labute approximate surface area is 293 Å². The molecular weight excluding hydrogens is 653 g/mol. The van der Waals surface area contributed by atoms with Crippen LogP contribution < -0.4 is 34.8 Å². The Kier molecular flexibility index (Phi) is 8.21. The van der Waals surface area contributed by atoms with Crippen molar-refractivity contribution in [2.45, 2.75) is 12.5 Å². The minimum atomic E-state index is -0.650. The SMILES string of the molecule is COc1cccc(C(=O)NC2CCN(c3c(F)cc4c(=O)c(C(=O)N5CCN(c6ccccc6)CC5)cn5c4c3Oc3ccccc3-5)C2)c1OC. The van der Waals surface area contributed by atoms with Crippen LogP contribution in [0.4, 0.5) is 15.8 Å². The topological polar surface area (TPSA) is 106 Å². The number of methoxy groups -OCH3 is 2. The fourth-order valence-corrected chi connectivity index (χ4v) is 7.39. The van der Waals surface area contributed by atoms with E-state index in [4.69, 9.17) is 14.2 Å². The zero-order valence-corrected chi connectivity index (χ0v) is 28.2. The number of hydrogen-bond acceptors (Lipinski definition) is 8. The smallest absolute Gasteiger partial charge is 0.259 e. The second kappa shape index (κ2) is 13.0. The van der Waals surface area contributed by atoms with E-state index < -0.39 is 11.2 Å². The summed E-state index contributed by atoms with van der Waals surface area (Å²) >= 11 is 0. The highest BCUT2D eigenvalue weighted by Crippen LogP contribution is 2.47. The molecule has 8 rings (SSSR count). The van der Waals surface area contributed by atoms with Gasteiger partial charge in [0.1, 0.15) is 16.8 Å². The van der Waals surface area contributed by atoms with Gasteiger partial charge in [0.25, 0.3) is 11.8 Å². The number of rotatable bonds is 7. The first-order chi connectivity index (χ1) is 24.9. The van der Waals surface area contributed by atoms with Crippen molar-refractivity contribution in [3.05, 3.63) is 112 Å². The number of hydrogen-bond donors (Lipinski definition) is 1. The summed E-state index contributed by atoms with van der Waals surface area (Å²) in [6.07, 6.45) is 2.11. The van der Waals surface area contributed by atoms with Gasteiger partial charge in [-0.2, -0.15) is 0 Å². The lowest BCUT2D eigenvalue weighted by Crippen LogP contribution is -2.49. The number of carbonyl (C=O) groups is 2. The number of aromatic nitrogens is 1. The molecule has 5 aromatic rings. The molecule has 3 aliphatic heterocycles. The Morgan fingerprint density at radius 3 is 2.39 bits per heavy atom. The van der Waals surface area contributed by atoms with Crippen LogP contribution in [0.2, 0.25) is 0 Å². The van der Waals surface area contributed by atoms with Crippen LogP contribution in [0, 0.1) is 5.82 Å². The van der Waals surface area contributed by atoms with Gasteiger partial charge in [0.2, 0.25) is 5.43 Å². The summed E-state index contributed by atoms with van der Waals surface area (Å²) in [5.74, 6) is 0.0468. The van der Waals surface area contributed by atoms with Crippen LogP contribution in [0.25, 0.3) is 16.6 Å². The third-order valence-corrected chi connectivity index (χ3v) is 9.91. The number of para-hydroxylation sites is 4. The molecule has 1 atom stereocenters. The number of anilines is 2. The molecule has 4 heterocycles. The van der Waals surface area contributed by atoms with Gasteiger partial charge in [0.15, 0.2) is 28.8 Å². The van der Waals surface area contributed by atoms with Gasteiger partial charge in [0, 0.05) is 57.2 Å². The van der Waals surface area contributed by atoms with E-state index in [1.54, 1.807) is 39.9 Å². The Morgan fingerprint density at radius 1 is 0.863 bits per heavy atom. The van der Waals surface area contributed by atoms with E-state index >= 15 is 4.39 Å².